The predicted molar refractivity (Wildman–Crippen MR) is 132 cm³/mol. The maximum Gasteiger partial charge on any atom is 0.295 e. The van der Waals surface area contributed by atoms with Crippen molar-refractivity contribution in [1.29, 1.82) is 0 Å². The molecule has 1 heterocycles. The average molecular weight is 467 g/mol. The molecule has 0 aliphatic carbocycles. The number of methoxy groups -OCH3 is 1. The normalized spacial score (nSPS) is 18.1. The smallest absolute Gasteiger partial charge is 0.295 e. The Hall–Kier alpha value is -3.32. The number of aliphatic hydroxyl groups excluding tert-OH is 1. The van der Waals surface area contributed by atoms with Crippen LogP contribution in [0.1, 0.15) is 49.9 Å². The minimum Gasteiger partial charge on any atom is -0.507 e. The summed E-state index contributed by atoms with van der Waals surface area (Å²) in [7, 11) is 5.36. The minimum absolute atomic E-state index is 0.0289. The van der Waals surface area contributed by atoms with Crippen molar-refractivity contribution in [3.05, 3.63) is 64.7 Å². The maximum absolute atomic E-state index is 13.1. The summed E-state index contributed by atoms with van der Waals surface area (Å²) in [6.45, 7) is 7.45. The zero-order chi connectivity index (χ0) is 25.2. The van der Waals surface area contributed by atoms with Crippen LogP contribution in [0.25, 0.3) is 5.76 Å². The summed E-state index contributed by atoms with van der Waals surface area (Å²) >= 11 is 0. The Morgan fingerprint density at radius 3 is 2.26 bits per heavy atom. The summed E-state index contributed by atoms with van der Waals surface area (Å²) in [6.07, 6.45) is 0.671. The summed E-state index contributed by atoms with van der Waals surface area (Å²) in [6, 6.07) is 11.4. The van der Waals surface area contributed by atoms with E-state index in [0.29, 0.717) is 18.7 Å². The highest BCUT2D eigenvalue weighted by Crippen LogP contribution is 2.41. The first-order chi connectivity index (χ1) is 16.0. The molecule has 1 fully saturated rings. The van der Waals surface area contributed by atoms with Gasteiger partial charge in [-0.2, -0.15) is 0 Å². The van der Waals surface area contributed by atoms with Gasteiger partial charge in [-0.3, -0.25) is 9.59 Å². The van der Waals surface area contributed by atoms with E-state index in [0.717, 1.165) is 17.7 Å². The lowest BCUT2D eigenvalue weighted by Gasteiger charge is -2.27. The number of likely N-dealkylation sites (tertiary alicyclic amines) is 1. The lowest BCUT2D eigenvalue weighted by Crippen LogP contribution is -2.32. The van der Waals surface area contributed by atoms with Gasteiger partial charge in [-0.1, -0.05) is 45.0 Å². The monoisotopic (exact) mass is 466 g/mol. The number of nitrogens with zero attached hydrogens (tertiary/aromatic N) is 2. The SMILES string of the molecule is COc1ccc(/C(O)=C2\C(=O)C(=O)N(CCCN(C)C)C2c2ccc(C(C)(C)C)cc2)c(O)c1. The van der Waals surface area contributed by atoms with Gasteiger partial charge in [0.15, 0.2) is 0 Å². The van der Waals surface area contributed by atoms with Gasteiger partial charge in [0, 0.05) is 12.6 Å². The highest BCUT2D eigenvalue weighted by atomic mass is 16.5. The number of ketones is 1. The number of carbonyl (C=O) groups is 2. The van der Waals surface area contributed by atoms with Crippen molar-refractivity contribution in [3.8, 4) is 11.5 Å². The van der Waals surface area contributed by atoms with Gasteiger partial charge in [-0.15, -0.1) is 0 Å². The summed E-state index contributed by atoms with van der Waals surface area (Å²) in [5, 5.41) is 21.6. The second-order valence-electron chi connectivity index (χ2n) is 9.90. The first-order valence-corrected chi connectivity index (χ1v) is 11.4. The molecule has 0 bridgehead atoms. The summed E-state index contributed by atoms with van der Waals surface area (Å²) in [4.78, 5) is 29.7. The molecule has 1 aliphatic heterocycles. The van der Waals surface area contributed by atoms with Gasteiger partial charge in [0.2, 0.25) is 0 Å². The Kier molecular flexibility index (Phi) is 7.36. The molecule has 0 spiro atoms. The first-order valence-electron chi connectivity index (χ1n) is 11.4. The molecule has 7 heteroatoms. The standard InChI is InChI=1S/C27H34N2O5/c1-27(2,3)18-10-8-17(9-11-18)23-22(24(31)20-13-12-19(34-6)16-21(20)30)25(32)26(33)29(23)15-7-14-28(4)5/h8-13,16,23,30-31H,7,14-15H2,1-6H3/b24-22+. The third kappa shape index (κ3) is 5.09. The number of aliphatic hydroxyl groups is 1. The highest BCUT2D eigenvalue weighted by Gasteiger charge is 2.46. The molecule has 7 nitrogen and oxygen atoms in total. The number of phenolic OH excluding ortho intramolecular Hbond substituents is 1. The van der Waals surface area contributed by atoms with E-state index in [1.165, 1.54) is 24.1 Å². The van der Waals surface area contributed by atoms with Crippen LogP contribution in [-0.4, -0.2) is 66.0 Å². The number of ether oxygens (including phenoxy) is 1. The number of aromatic hydroxyl groups is 1. The van der Waals surface area contributed by atoms with Gasteiger partial charge in [0.05, 0.1) is 24.3 Å². The van der Waals surface area contributed by atoms with E-state index in [-0.39, 0.29) is 22.3 Å². The molecule has 182 valence electrons. The number of amides is 1. The van der Waals surface area contributed by atoms with Gasteiger partial charge in [-0.25, -0.2) is 0 Å². The van der Waals surface area contributed by atoms with Crippen LogP contribution < -0.4 is 4.74 Å². The Bertz CT molecular complexity index is 1100. The van der Waals surface area contributed by atoms with E-state index in [1.54, 1.807) is 6.07 Å². The molecule has 1 saturated heterocycles. The number of benzene rings is 2. The van der Waals surface area contributed by atoms with E-state index in [9.17, 15) is 19.8 Å². The third-order valence-electron chi connectivity index (χ3n) is 6.10. The molecule has 2 aromatic rings. The molecule has 2 N–H and O–H groups in total. The van der Waals surface area contributed by atoms with Crippen molar-refractivity contribution >= 4 is 17.4 Å². The van der Waals surface area contributed by atoms with Crippen LogP contribution in [0.3, 0.4) is 0 Å². The summed E-state index contributed by atoms with van der Waals surface area (Å²) in [5.74, 6) is -1.65. The quantitative estimate of drug-likeness (QED) is 0.363. The van der Waals surface area contributed by atoms with E-state index in [4.69, 9.17) is 4.74 Å². The van der Waals surface area contributed by atoms with Crippen molar-refractivity contribution < 1.29 is 24.5 Å². The van der Waals surface area contributed by atoms with E-state index in [2.05, 4.69) is 20.8 Å². The fraction of sp³-hybridized carbons (Fsp3) is 0.407. The Morgan fingerprint density at radius 2 is 1.74 bits per heavy atom. The van der Waals surface area contributed by atoms with Crippen LogP contribution in [0, 0.1) is 0 Å². The number of carbonyl (C=O) groups excluding carboxylic acids is 2. The van der Waals surface area contributed by atoms with Crippen LogP contribution in [0.5, 0.6) is 11.5 Å². The van der Waals surface area contributed by atoms with Crippen molar-refractivity contribution in [2.75, 3.05) is 34.3 Å². The molecule has 2 aromatic carbocycles. The van der Waals surface area contributed by atoms with Crippen LogP contribution in [0.2, 0.25) is 0 Å². The predicted octanol–water partition coefficient (Wildman–Crippen LogP) is 4.07. The largest absolute Gasteiger partial charge is 0.507 e. The number of hydrogen-bond acceptors (Lipinski definition) is 6. The maximum atomic E-state index is 13.1. The molecule has 0 aromatic heterocycles. The van der Waals surface area contributed by atoms with Crippen LogP contribution >= 0.6 is 0 Å². The molecule has 0 radical (unpaired) electrons. The fourth-order valence-corrected chi connectivity index (χ4v) is 4.16. The lowest BCUT2D eigenvalue weighted by atomic mass is 9.85. The van der Waals surface area contributed by atoms with Gasteiger partial charge in [0.1, 0.15) is 17.3 Å². The molecule has 3 rings (SSSR count). The Morgan fingerprint density at radius 1 is 1.09 bits per heavy atom. The van der Waals surface area contributed by atoms with Crippen molar-refractivity contribution in [1.82, 2.24) is 9.80 Å². The first kappa shape index (κ1) is 25.3. The van der Waals surface area contributed by atoms with Gasteiger partial charge < -0.3 is 24.7 Å². The fourth-order valence-electron chi connectivity index (χ4n) is 4.16. The van der Waals surface area contributed by atoms with Crippen LogP contribution in [-0.2, 0) is 15.0 Å². The highest BCUT2D eigenvalue weighted by molar-refractivity contribution is 6.46. The number of rotatable bonds is 7. The van der Waals surface area contributed by atoms with Gasteiger partial charge in [-0.05, 0) is 55.7 Å². The molecular weight excluding hydrogens is 432 g/mol. The van der Waals surface area contributed by atoms with Gasteiger partial charge >= 0.3 is 0 Å². The van der Waals surface area contributed by atoms with Crippen molar-refractivity contribution in [2.45, 2.75) is 38.6 Å². The molecular formula is C27H34N2O5. The second-order valence-corrected chi connectivity index (χ2v) is 9.90. The van der Waals surface area contributed by atoms with E-state index < -0.39 is 23.5 Å². The zero-order valence-electron chi connectivity index (χ0n) is 20.8. The third-order valence-corrected chi connectivity index (χ3v) is 6.10. The Labute approximate surface area is 201 Å². The topological polar surface area (TPSA) is 90.3 Å². The number of phenols is 1. The molecule has 1 atom stereocenters. The Balaban J connectivity index is 2.13. The van der Waals surface area contributed by atoms with Crippen molar-refractivity contribution in [2.24, 2.45) is 0 Å². The van der Waals surface area contributed by atoms with Crippen LogP contribution in [0.4, 0.5) is 0 Å². The minimum atomic E-state index is -0.762. The molecule has 34 heavy (non-hydrogen) atoms. The summed E-state index contributed by atoms with van der Waals surface area (Å²) in [5.41, 5.74) is 1.84. The zero-order valence-corrected chi connectivity index (χ0v) is 20.8. The molecule has 1 unspecified atom stereocenters. The number of Topliss-reactive ketones (excluding diaryl/α,β-unsaturated/α-hetero) is 1. The average Bonchev–Trinajstić information content (AvgIpc) is 3.02. The van der Waals surface area contributed by atoms with E-state index in [1.807, 2.05) is 43.3 Å². The molecule has 0 saturated carbocycles. The van der Waals surface area contributed by atoms with E-state index >= 15 is 0 Å². The lowest BCUT2D eigenvalue weighted by molar-refractivity contribution is -0.139. The number of hydrogen-bond donors (Lipinski definition) is 2. The molecule has 1 aliphatic rings. The summed E-state index contributed by atoms with van der Waals surface area (Å²) < 4.78 is 5.11. The van der Waals surface area contributed by atoms with Crippen LogP contribution in [0.15, 0.2) is 48.0 Å². The molecule has 1 amide bonds. The van der Waals surface area contributed by atoms with Gasteiger partial charge in [0.25, 0.3) is 11.7 Å². The second kappa shape index (κ2) is 9.89. The van der Waals surface area contributed by atoms with Crippen molar-refractivity contribution in [3.63, 3.8) is 0 Å².